The van der Waals surface area contributed by atoms with Gasteiger partial charge in [-0.15, -0.1) is 0 Å². The molecule has 1 aromatic carbocycles. The van der Waals surface area contributed by atoms with E-state index in [1.165, 1.54) is 20.0 Å². The van der Waals surface area contributed by atoms with Crippen molar-refractivity contribution in [3.63, 3.8) is 0 Å². The van der Waals surface area contributed by atoms with Crippen LogP contribution in [0.2, 0.25) is 0 Å². The number of hydrogen-bond donors (Lipinski definition) is 0. The van der Waals surface area contributed by atoms with Gasteiger partial charge in [-0.1, -0.05) is 0 Å². The van der Waals surface area contributed by atoms with Crippen molar-refractivity contribution in [2.45, 2.75) is 19.4 Å². The quantitative estimate of drug-likeness (QED) is 0.475. The summed E-state index contributed by atoms with van der Waals surface area (Å²) in [5.74, 6) is 1.01. The first-order chi connectivity index (χ1) is 14.1. The van der Waals surface area contributed by atoms with Gasteiger partial charge in [0.25, 0.3) is 0 Å². The number of fused-ring (bicyclic) bond motifs is 2. The van der Waals surface area contributed by atoms with E-state index in [0.717, 1.165) is 39.9 Å². The summed E-state index contributed by atoms with van der Waals surface area (Å²) in [6.07, 6.45) is 2.53. The number of esters is 1. The van der Waals surface area contributed by atoms with Crippen LogP contribution in [0.5, 0.6) is 5.88 Å². The standard InChI is InChI=1S/C23H23N3O3/c1-25-18-8-6-16(23(27)29-3)10-17(18)12-19(25)20-11-15-7-9-21(28-2)24-22(15)26(20)13-14-4-5-14/h6-12,14H,4-5,13H2,1-3H3. The van der Waals surface area contributed by atoms with E-state index < -0.39 is 0 Å². The molecule has 0 spiro atoms. The number of pyridine rings is 1. The largest absolute Gasteiger partial charge is 0.481 e. The lowest BCUT2D eigenvalue weighted by Gasteiger charge is -2.11. The molecule has 0 amide bonds. The maximum atomic E-state index is 11.9. The first kappa shape index (κ1) is 17.8. The zero-order chi connectivity index (χ0) is 20.1. The monoisotopic (exact) mass is 389 g/mol. The lowest BCUT2D eigenvalue weighted by molar-refractivity contribution is 0.0601. The van der Waals surface area contributed by atoms with Crippen LogP contribution in [0, 0.1) is 5.92 Å². The number of hydrogen-bond acceptors (Lipinski definition) is 4. The lowest BCUT2D eigenvalue weighted by Crippen LogP contribution is -2.05. The Morgan fingerprint density at radius 3 is 2.59 bits per heavy atom. The second-order valence-corrected chi connectivity index (χ2v) is 7.70. The number of methoxy groups -OCH3 is 2. The zero-order valence-electron chi connectivity index (χ0n) is 16.8. The van der Waals surface area contributed by atoms with Crippen LogP contribution in [0.3, 0.4) is 0 Å². The minimum atomic E-state index is -0.323. The molecule has 0 atom stereocenters. The molecule has 0 bridgehead atoms. The van der Waals surface area contributed by atoms with Crippen molar-refractivity contribution < 1.29 is 14.3 Å². The summed E-state index contributed by atoms with van der Waals surface area (Å²) < 4.78 is 14.7. The summed E-state index contributed by atoms with van der Waals surface area (Å²) in [6, 6.07) is 14.0. The third kappa shape index (κ3) is 2.95. The van der Waals surface area contributed by atoms with E-state index in [9.17, 15) is 4.79 Å². The van der Waals surface area contributed by atoms with Gasteiger partial charge in [0.2, 0.25) is 5.88 Å². The minimum absolute atomic E-state index is 0.323. The molecule has 1 aliphatic carbocycles. The molecule has 148 valence electrons. The normalized spacial score (nSPS) is 13.9. The Balaban J connectivity index is 1.70. The SMILES string of the molecule is COC(=O)c1ccc2c(c1)cc(-c1cc3ccc(OC)nc3n1CC1CC1)n2C. The summed E-state index contributed by atoms with van der Waals surface area (Å²) in [5, 5.41) is 2.11. The molecular formula is C23H23N3O3. The van der Waals surface area contributed by atoms with Crippen molar-refractivity contribution in [2.24, 2.45) is 13.0 Å². The molecule has 4 aromatic rings. The number of carbonyl (C=O) groups is 1. The molecule has 0 aliphatic heterocycles. The Morgan fingerprint density at radius 1 is 1.07 bits per heavy atom. The van der Waals surface area contributed by atoms with E-state index in [0.29, 0.717) is 17.4 Å². The van der Waals surface area contributed by atoms with Crippen LogP contribution < -0.4 is 4.74 Å². The number of aryl methyl sites for hydroxylation is 1. The Hall–Kier alpha value is -3.28. The summed E-state index contributed by atoms with van der Waals surface area (Å²) in [6.45, 7) is 0.952. The molecule has 1 aliphatic rings. The fourth-order valence-electron chi connectivity index (χ4n) is 4.02. The highest BCUT2D eigenvalue weighted by Gasteiger charge is 2.25. The van der Waals surface area contributed by atoms with Crippen molar-refractivity contribution in [3.05, 3.63) is 48.0 Å². The molecule has 29 heavy (non-hydrogen) atoms. The number of carbonyl (C=O) groups excluding carboxylic acids is 1. The Labute approximate surface area is 168 Å². The second kappa shape index (κ2) is 6.65. The highest BCUT2D eigenvalue weighted by atomic mass is 16.5. The molecule has 5 rings (SSSR count). The summed E-state index contributed by atoms with van der Waals surface area (Å²) in [7, 11) is 5.11. The summed E-state index contributed by atoms with van der Waals surface area (Å²) in [4.78, 5) is 16.6. The fraction of sp³-hybridized carbons (Fsp3) is 0.304. The lowest BCUT2D eigenvalue weighted by atomic mass is 10.1. The van der Waals surface area contributed by atoms with Crippen LogP contribution in [-0.4, -0.2) is 34.3 Å². The third-order valence-electron chi connectivity index (χ3n) is 5.79. The number of nitrogens with zero attached hydrogens (tertiary/aromatic N) is 3. The molecule has 6 nitrogen and oxygen atoms in total. The van der Waals surface area contributed by atoms with Crippen molar-refractivity contribution in [3.8, 4) is 17.3 Å². The van der Waals surface area contributed by atoms with Crippen molar-refractivity contribution in [1.82, 2.24) is 14.1 Å². The molecule has 1 saturated carbocycles. The van der Waals surface area contributed by atoms with Gasteiger partial charge in [0, 0.05) is 35.9 Å². The third-order valence-corrected chi connectivity index (χ3v) is 5.79. The average molecular weight is 389 g/mol. The maximum absolute atomic E-state index is 11.9. The predicted octanol–water partition coefficient (Wildman–Crippen LogP) is 4.40. The van der Waals surface area contributed by atoms with Gasteiger partial charge < -0.3 is 18.6 Å². The second-order valence-electron chi connectivity index (χ2n) is 7.70. The maximum Gasteiger partial charge on any atom is 0.337 e. The number of benzene rings is 1. The first-order valence-electron chi connectivity index (χ1n) is 9.81. The van der Waals surface area contributed by atoms with Crippen LogP contribution >= 0.6 is 0 Å². The molecule has 3 aromatic heterocycles. The van der Waals surface area contributed by atoms with Gasteiger partial charge in [-0.3, -0.25) is 0 Å². The topological polar surface area (TPSA) is 58.3 Å². The molecule has 0 radical (unpaired) electrons. The van der Waals surface area contributed by atoms with Crippen LogP contribution in [0.4, 0.5) is 0 Å². The summed E-state index contributed by atoms with van der Waals surface area (Å²) in [5.41, 5.74) is 4.81. The Morgan fingerprint density at radius 2 is 1.86 bits per heavy atom. The smallest absolute Gasteiger partial charge is 0.337 e. The van der Waals surface area contributed by atoms with Gasteiger partial charge in [0.15, 0.2) is 0 Å². The minimum Gasteiger partial charge on any atom is -0.481 e. The molecule has 6 heteroatoms. The van der Waals surface area contributed by atoms with Gasteiger partial charge in [-0.25, -0.2) is 4.79 Å². The molecule has 1 fully saturated rings. The molecule has 3 heterocycles. The van der Waals surface area contributed by atoms with Crippen LogP contribution in [-0.2, 0) is 18.3 Å². The van der Waals surface area contributed by atoms with Crippen LogP contribution in [0.25, 0.3) is 33.3 Å². The van der Waals surface area contributed by atoms with E-state index in [1.807, 2.05) is 24.3 Å². The van der Waals surface area contributed by atoms with Crippen LogP contribution in [0.15, 0.2) is 42.5 Å². The van der Waals surface area contributed by atoms with Crippen molar-refractivity contribution >= 4 is 27.9 Å². The van der Waals surface area contributed by atoms with E-state index in [2.05, 4.69) is 34.4 Å². The van der Waals surface area contributed by atoms with E-state index in [1.54, 1.807) is 7.11 Å². The van der Waals surface area contributed by atoms with E-state index in [4.69, 9.17) is 14.5 Å². The van der Waals surface area contributed by atoms with Gasteiger partial charge in [-0.2, -0.15) is 4.98 Å². The summed E-state index contributed by atoms with van der Waals surface area (Å²) >= 11 is 0. The first-order valence-corrected chi connectivity index (χ1v) is 9.81. The van der Waals surface area contributed by atoms with Gasteiger partial charge in [0.05, 0.1) is 31.2 Å². The van der Waals surface area contributed by atoms with Gasteiger partial charge >= 0.3 is 5.97 Å². The van der Waals surface area contributed by atoms with E-state index in [-0.39, 0.29) is 5.97 Å². The molecule has 0 saturated heterocycles. The van der Waals surface area contributed by atoms with Crippen LogP contribution in [0.1, 0.15) is 23.2 Å². The zero-order valence-corrected chi connectivity index (χ0v) is 16.8. The Kier molecular flexibility index (Phi) is 4.08. The molecule has 0 unspecified atom stereocenters. The van der Waals surface area contributed by atoms with Crippen molar-refractivity contribution in [2.75, 3.05) is 14.2 Å². The Bertz CT molecular complexity index is 1250. The fourth-order valence-corrected chi connectivity index (χ4v) is 4.02. The number of aromatic nitrogens is 3. The van der Waals surface area contributed by atoms with Gasteiger partial charge in [0.1, 0.15) is 5.65 Å². The highest BCUT2D eigenvalue weighted by Crippen LogP contribution is 2.37. The van der Waals surface area contributed by atoms with Gasteiger partial charge in [-0.05, 0) is 55.2 Å². The van der Waals surface area contributed by atoms with E-state index >= 15 is 0 Å². The number of ether oxygens (including phenoxy) is 2. The highest BCUT2D eigenvalue weighted by molar-refractivity contribution is 5.97. The van der Waals surface area contributed by atoms with Crippen molar-refractivity contribution in [1.29, 1.82) is 0 Å². The average Bonchev–Trinajstić information content (AvgIpc) is 3.42. The molecular weight excluding hydrogens is 366 g/mol. The number of rotatable bonds is 5. The predicted molar refractivity (Wildman–Crippen MR) is 112 cm³/mol. The molecule has 0 N–H and O–H groups in total.